The molecule has 0 aliphatic carbocycles. The molecule has 2 unspecified atom stereocenters. The van der Waals surface area contributed by atoms with Crippen LogP contribution in [-0.2, 0) is 0 Å². The molecule has 0 aliphatic rings. The first-order valence-electron chi connectivity index (χ1n) is 7.15. The summed E-state index contributed by atoms with van der Waals surface area (Å²) in [6, 6.07) is 10.3. The molecule has 0 spiro atoms. The minimum Gasteiger partial charge on any atom is -0.388 e. The van der Waals surface area contributed by atoms with Gasteiger partial charge in [-0.25, -0.2) is 4.39 Å². The van der Waals surface area contributed by atoms with Gasteiger partial charge in [-0.1, -0.05) is 29.8 Å². The molecular weight excluding hydrogens is 265 g/mol. The number of rotatable bonds is 4. The predicted octanol–water partition coefficient (Wildman–Crippen LogP) is 3.53. The smallest absolute Gasteiger partial charge is 0.123 e. The lowest BCUT2D eigenvalue weighted by atomic mass is 9.85. The molecule has 0 amide bonds. The highest BCUT2D eigenvalue weighted by atomic mass is 19.1. The maximum absolute atomic E-state index is 13.1. The van der Waals surface area contributed by atoms with E-state index in [9.17, 15) is 9.50 Å². The summed E-state index contributed by atoms with van der Waals surface area (Å²) in [6.45, 7) is 6.34. The Bertz CT molecular complexity index is 599. The minimum atomic E-state index is -0.693. The quantitative estimate of drug-likeness (QED) is 0.903. The molecule has 0 radical (unpaired) electrons. The number of aliphatic hydroxyl groups is 1. The van der Waals surface area contributed by atoms with E-state index in [0.29, 0.717) is 6.54 Å². The summed E-state index contributed by atoms with van der Waals surface area (Å²) in [5, 5.41) is 10.8. The van der Waals surface area contributed by atoms with Crippen LogP contribution in [0.1, 0.15) is 39.8 Å². The third-order valence-corrected chi connectivity index (χ3v) is 3.97. The molecule has 2 aromatic carbocycles. The van der Waals surface area contributed by atoms with E-state index in [4.69, 9.17) is 5.73 Å². The number of nitrogens with two attached hydrogens (primary N) is 1. The van der Waals surface area contributed by atoms with E-state index in [1.807, 2.05) is 20.8 Å². The summed E-state index contributed by atoms with van der Waals surface area (Å²) < 4.78 is 13.1. The van der Waals surface area contributed by atoms with Crippen LogP contribution in [0.2, 0.25) is 0 Å². The Morgan fingerprint density at radius 2 is 1.57 bits per heavy atom. The molecule has 0 saturated heterocycles. The molecule has 2 aromatic rings. The van der Waals surface area contributed by atoms with Crippen LogP contribution >= 0.6 is 0 Å². The summed E-state index contributed by atoms with van der Waals surface area (Å²) in [7, 11) is 0. The van der Waals surface area contributed by atoms with Crippen LogP contribution < -0.4 is 5.73 Å². The van der Waals surface area contributed by atoms with E-state index in [1.165, 1.54) is 17.7 Å². The van der Waals surface area contributed by atoms with Crippen molar-refractivity contribution in [2.24, 2.45) is 5.73 Å². The molecule has 3 heteroatoms. The number of aryl methyl sites for hydroxylation is 3. The lowest BCUT2D eigenvalue weighted by Crippen LogP contribution is -2.21. The first-order valence-corrected chi connectivity index (χ1v) is 7.15. The van der Waals surface area contributed by atoms with Gasteiger partial charge >= 0.3 is 0 Å². The van der Waals surface area contributed by atoms with Crippen LogP contribution in [0.4, 0.5) is 4.39 Å². The molecule has 0 aliphatic heterocycles. The Morgan fingerprint density at radius 1 is 1.05 bits per heavy atom. The molecule has 0 fully saturated rings. The van der Waals surface area contributed by atoms with Crippen molar-refractivity contribution in [2.45, 2.75) is 32.8 Å². The lowest BCUT2D eigenvalue weighted by Gasteiger charge is -2.25. The second kappa shape index (κ2) is 6.37. The second-order valence-corrected chi connectivity index (χ2v) is 5.65. The van der Waals surface area contributed by atoms with Gasteiger partial charge < -0.3 is 10.8 Å². The first kappa shape index (κ1) is 15.7. The van der Waals surface area contributed by atoms with Crippen molar-refractivity contribution >= 4 is 0 Å². The van der Waals surface area contributed by atoms with Crippen molar-refractivity contribution in [2.75, 3.05) is 6.54 Å². The topological polar surface area (TPSA) is 46.2 Å². The molecule has 0 bridgehead atoms. The summed E-state index contributed by atoms with van der Waals surface area (Å²) in [6.07, 6.45) is -0.693. The van der Waals surface area contributed by atoms with Crippen LogP contribution in [0.3, 0.4) is 0 Å². The van der Waals surface area contributed by atoms with Crippen LogP contribution in [0.15, 0.2) is 36.4 Å². The molecule has 0 saturated carbocycles. The number of halogens is 1. The van der Waals surface area contributed by atoms with Gasteiger partial charge in [0, 0.05) is 12.5 Å². The average Bonchev–Trinajstić information content (AvgIpc) is 2.40. The minimum absolute atomic E-state index is 0.245. The fraction of sp³-hybridized carbons (Fsp3) is 0.333. The molecule has 21 heavy (non-hydrogen) atoms. The largest absolute Gasteiger partial charge is 0.388 e. The molecule has 2 rings (SSSR count). The summed E-state index contributed by atoms with van der Waals surface area (Å²) in [4.78, 5) is 0. The number of hydrogen-bond acceptors (Lipinski definition) is 2. The van der Waals surface area contributed by atoms with Crippen molar-refractivity contribution in [3.8, 4) is 0 Å². The SMILES string of the molecule is Cc1cc(C)c(C(O)C(CN)c2ccc(F)cc2)c(C)c1. The van der Waals surface area contributed by atoms with Gasteiger partial charge in [-0.15, -0.1) is 0 Å². The second-order valence-electron chi connectivity index (χ2n) is 5.65. The zero-order valence-corrected chi connectivity index (χ0v) is 12.7. The van der Waals surface area contributed by atoms with Crippen LogP contribution in [0.5, 0.6) is 0 Å². The zero-order chi connectivity index (χ0) is 15.6. The summed E-state index contributed by atoms with van der Waals surface area (Å²) in [5.41, 5.74) is 10.9. The van der Waals surface area contributed by atoms with Crippen LogP contribution in [-0.4, -0.2) is 11.7 Å². The van der Waals surface area contributed by atoms with E-state index < -0.39 is 6.10 Å². The van der Waals surface area contributed by atoms with Gasteiger partial charge in [0.25, 0.3) is 0 Å². The van der Waals surface area contributed by atoms with E-state index in [-0.39, 0.29) is 11.7 Å². The molecular formula is C18H22FNO. The van der Waals surface area contributed by atoms with Crippen LogP contribution in [0, 0.1) is 26.6 Å². The van der Waals surface area contributed by atoms with Gasteiger partial charge in [0.2, 0.25) is 0 Å². The van der Waals surface area contributed by atoms with Gasteiger partial charge in [0.1, 0.15) is 5.82 Å². The van der Waals surface area contributed by atoms with Gasteiger partial charge in [-0.05, 0) is 55.2 Å². The Balaban J connectivity index is 2.41. The Kier molecular flexibility index (Phi) is 4.76. The molecule has 2 atom stereocenters. The maximum atomic E-state index is 13.1. The highest BCUT2D eigenvalue weighted by molar-refractivity contribution is 5.41. The molecule has 112 valence electrons. The van der Waals surface area contributed by atoms with Crippen molar-refractivity contribution in [3.05, 3.63) is 70.0 Å². The highest BCUT2D eigenvalue weighted by Crippen LogP contribution is 2.34. The summed E-state index contributed by atoms with van der Waals surface area (Å²) >= 11 is 0. The molecule has 2 nitrogen and oxygen atoms in total. The van der Waals surface area contributed by atoms with Crippen molar-refractivity contribution < 1.29 is 9.50 Å². The third-order valence-electron chi connectivity index (χ3n) is 3.97. The van der Waals surface area contributed by atoms with E-state index in [0.717, 1.165) is 22.3 Å². The summed E-state index contributed by atoms with van der Waals surface area (Å²) in [5.74, 6) is -0.530. The standard InChI is InChI=1S/C18H22FNO/c1-11-8-12(2)17(13(3)9-11)18(21)16(10-20)14-4-6-15(19)7-5-14/h4-9,16,18,21H,10,20H2,1-3H3. The van der Waals surface area contributed by atoms with Gasteiger partial charge in [0.05, 0.1) is 6.10 Å². The van der Waals surface area contributed by atoms with E-state index >= 15 is 0 Å². The van der Waals surface area contributed by atoms with Gasteiger partial charge in [0.15, 0.2) is 0 Å². The maximum Gasteiger partial charge on any atom is 0.123 e. The predicted molar refractivity (Wildman–Crippen MR) is 83.8 cm³/mol. The fourth-order valence-electron chi connectivity index (χ4n) is 3.02. The third kappa shape index (κ3) is 3.31. The fourth-order valence-corrected chi connectivity index (χ4v) is 3.02. The molecule has 0 heterocycles. The Hall–Kier alpha value is -1.71. The van der Waals surface area contributed by atoms with Crippen molar-refractivity contribution in [3.63, 3.8) is 0 Å². The average molecular weight is 287 g/mol. The number of hydrogen-bond donors (Lipinski definition) is 2. The lowest BCUT2D eigenvalue weighted by molar-refractivity contribution is 0.146. The number of benzene rings is 2. The van der Waals surface area contributed by atoms with Crippen LogP contribution in [0.25, 0.3) is 0 Å². The highest BCUT2D eigenvalue weighted by Gasteiger charge is 2.24. The Morgan fingerprint density at radius 3 is 2.05 bits per heavy atom. The molecule has 3 N–H and O–H groups in total. The number of aliphatic hydroxyl groups excluding tert-OH is 1. The van der Waals surface area contributed by atoms with Crippen molar-refractivity contribution in [1.29, 1.82) is 0 Å². The first-order chi connectivity index (χ1) is 9.93. The van der Waals surface area contributed by atoms with Gasteiger partial charge in [-0.2, -0.15) is 0 Å². The Labute approximate surface area is 125 Å². The zero-order valence-electron chi connectivity index (χ0n) is 12.7. The normalized spacial score (nSPS) is 14.0. The monoisotopic (exact) mass is 287 g/mol. The van der Waals surface area contributed by atoms with Gasteiger partial charge in [-0.3, -0.25) is 0 Å². The van der Waals surface area contributed by atoms with E-state index in [1.54, 1.807) is 12.1 Å². The van der Waals surface area contributed by atoms with Crippen molar-refractivity contribution in [1.82, 2.24) is 0 Å². The van der Waals surface area contributed by atoms with E-state index in [2.05, 4.69) is 12.1 Å². The molecule has 0 aromatic heterocycles.